The number of halogens is 1. The summed E-state index contributed by atoms with van der Waals surface area (Å²) in [4.78, 5) is 10.2. The first-order chi connectivity index (χ1) is 14.0. The minimum atomic E-state index is -0.0568. The molecule has 0 aliphatic carbocycles. The highest BCUT2D eigenvalue weighted by Crippen LogP contribution is 2.41. The molecule has 152 valence electrons. The number of aryl methyl sites for hydroxylation is 1. The molecule has 2 aliphatic heterocycles. The number of imidazole rings is 1. The van der Waals surface area contributed by atoms with E-state index >= 15 is 0 Å². The Hall–Kier alpha value is -2.08. The Morgan fingerprint density at radius 3 is 2.76 bits per heavy atom. The van der Waals surface area contributed by atoms with Gasteiger partial charge in [0.25, 0.3) is 0 Å². The van der Waals surface area contributed by atoms with Crippen molar-refractivity contribution in [3.05, 3.63) is 53.4 Å². The van der Waals surface area contributed by atoms with Crippen LogP contribution in [-0.4, -0.2) is 39.2 Å². The molecule has 3 aromatic rings. The molecule has 0 radical (unpaired) electrons. The van der Waals surface area contributed by atoms with Crippen LogP contribution in [0, 0.1) is 0 Å². The van der Waals surface area contributed by atoms with Crippen molar-refractivity contribution >= 4 is 17.2 Å². The van der Waals surface area contributed by atoms with Crippen LogP contribution in [0.15, 0.2) is 42.7 Å². The lowest BCUT2D eigenvalue weighted by molar-refractivity contribution is -0.214. The molecule has 1 aromatic carbocycles. The highest BCUT2D eigenvalue weighted by atomic mass is 35.5. The number of benzene rings is 1. The van der Waals surface area contributed by atoms with Crippen LogP contribution >= 0.6 is 11.6 Å². The summed E-state index contributed by atoms with van der Waals surface area (Å²) in [6.07, 6.45) is 7.97. The Labute approximate surface area is 176 Å². The Kier molecular flexibility index (Phi) is 4.77. The second-order valence-electron chi connectivity index (χ2n) is 8.38. The fourth-order valence-corrected chi connectivity index (χ4v) is 4.83. The van der Waals surface area contributed by atoms with Crippen molar-refractivity contribution < 1.29 is 9.57 Å². The molecule has 4 heterocycles. The zero-order chi connectivity index (χ0) is 20.0. The van der Waals surface area contributed by atoms with E-state index in [1.165, 1.54) is 5.56 Å². The van der Waals surface area contributed by atoms with E-state index in [9.17, 15) is 0 Å². The number of hydrogen-bond acceptors (Lipinski definition) is 4. The van der Waals surface area contributed by atoms with Crippen molar-refractivity contribution in [1.29, 1.82) is 0 Å². The van der Waals surface area contributed by atoms with Gasteiger partial charge >= 0.3 is 0 Å². The normalized spacial score (nSPS) is 18.9. The van der Waals surface area contributed by atoms with Gasteiger partial charge < -0.3 is 4.74 Å². The number of ether oxygens (including phenoxy) is 1. The number of aromatic nitrogens is 2. The molecule has 0 bridgehead atoms. The van der Waals surface area contributed by atoms with Crippen LogP contribution in [0.1, 0.15) is 38.7 Å². The number of nitrogens with zero attached hydrogens (tertiary/aromatic N) is 3. The van der Waals surface area contributed by atoms with Crippen LogP contribution in [0.25, 0.3) is 16.8 Å². The van der Waals surface area contributed by atoms with E-state index in [2.05, 4.69) is 42.1 Å². The Balaban J connectivity index is 1.37. The number of pyridine rings is 1. The first-order valence-corrected chi connectivity index (χ1v) is 10.8. The van der Waals surface area contributed by atoms with Crippen molar-refractivity contribution in [2.45, 2.75) is 51.2 Å². The van der Waals surface area contributed by atoms with Gasteiger partial charge in [0.2, 0.25) is 0 Å². The smallest absolute Gasteiger partial charge is 0.137 e. The summed E-state index contributed by atoms with van der Waals surface area (Å²) in [5, 5.41) is 2.78. The van der Waals surface area contributed by atoms with E-state index in [0.717, 1.165) is 61.3 Å². The van der Waals surface area contributed by atoms with Crippen LogP contribution < -0.4 is 4.74 Å². The lowest BCUT2D eigenvalue weighted by Gasteiger charge is -2.44. The summed E-state index contributed by atoms with van der Waals surface area (Å²) in [7, 11) is 0. The molecule has 0 unspecified atom stereocenters. The Morgan fingerprint density at radius 1 is 1.14 bits per heavy atom. The number of piperidine rings is 1. The zero-order valence-electron chi connectivity index (χ0n) is 16.9. The maximum atomic E-state index is 6.64. The number of hydrogen-bond donors (Lipinski definition) is 0. The number of rotatable bonds is 3. The summed E-state index contributed by atoms with van der Waals surface area (Å²) in [6, 6.07) is 10.5. The van der Waals surface area contributed by atoms with Crippen molar-refractivity contribution in [2.75, 3.05) is 13.1 Å². The summed E-state index contributed by atoms with van der Waals surface area (Å²) in [5.74, 6) is 1.01. The van der Waals surface area contributed by atoms with E-state index in [-0.39, 0.29) is 11.7 Å². The van der Waals surface area contributed by atoms with Gasteiger partial charge in [0.1, 0.15) is 22.2 Å². The summed E-state index contributed by atoms with van der Waals surface area (Å²) < 4.78 is 8.47. The SMILES string of the molecule is CC(C)ON1CCC2(CCc3cc(-c4ccc5nccn5c4Cl)ccc3O2)CC1. The zero-order valence-corrected chi connectivity index (χ0v) is 17.7. The molecule has 2 aliphatic rings. The third-order valence-corrected chi connectivity index (χ3v) is 6.43. The fraction of sp³-hybridized carbons (Fsp3) is 0.435. The quantitative estimate of drug-likeness (QED) is 0.558. The lowest BCUT2D eigenvalue weighted by atomic mass is 9.83. The standard InChI is InChI=1S/C23H26ClN3O2/c1-16(2)29-26-12-9-23(10-13-26)8-7-18-15-17(3-5-20(18)28-23)19-4-6-21-25-11-14-27(21)22(19)24/h3-6,11,14-16H,7-10,12-13H2,1-2H3. The Morgan fingerprint density at radius 2 is 1.97 bits per heavy atom. The third-order valence-electron chi connectivity index (χ3n) is 6.04. The molecule has 1 spiro atoms. The van der Waals surface area contributed by atoms with Crippen LogP contribution in [0.3, 0.4) is 0 Å². The molecule has 0 amide bonds. The van der Waals surface area contributed by atoms with Gasteiger partial charge in [0.15, 0.2) is 0 Å². The molecule has 1 fully saturated rings. The first-order valence-electron chi connectivity index (χ1n) is 10.4. The van der Waals surface area contributed by atoms with E-state index in [1.54, 1.807) is 6.20 Å². The first kappa shape index (κ1) is 18.9. The summed E-state index contributed by atoms with van der Waals surface area (Å²) in [5.41, 5.74) is 4.19. The molecule has 2 aromatic heterocycles. The number of fused-ring (bicyclic) bond motifs is 2. The predicted molar refractivity (Wildman–Crippen MR) is 114 cm³/mol. The summed E-state index contributed by atoms with van der Waals surface area (Å²) >= 11 is 6.64. The van der Waals surface area contributed by atoms with Gasteiger partial charge in [0.05, 0.1) is 6.10 Å². The second kappa shape index (κ2) is 7.31. The van der Waals surface area contributed by atoms with Gasteiger partial charge in [-0.25, -0.2) is 4.98 Å². The molecule has 5 rings (SSSR count). The van der Waals surface area contributed by atoms with Gasteiger partial charge in [-0.3, -0.25) is 9.24 Å². The highest BCUT2D eigenvalue weighted by Gasteiger charge is 2.40. The van der Waals surface area contributed by atoms with Gasteiger partial charge in [-0.15, -0.1) is 0 Å². The molecule has 29 heavy (non-hydrogen) atoms. The molecule has 1 saturated heterocycles. The van der Waals surface area contributed by atoms with Gasteiger partial charge in [-0.2, -0.15) is 5.06 Å². The predicted octanol–water partition coefficient (Wildman–Crippen LogP) is 5.15. The molecular weight excluding hydrogens is 386 g/mol. The van der Waals surface area contributed by atoms with E-state index < -0.39 is 0 Å². The molecular formula is C23H26ClN3O2. The minimum Gasteiger partial charge on any atom is -0.487 e. The average molecular weight is 412 g/mol. The van der Waals surface area contributed by atoms with Crippen molar-refractivity contribution in [2.24, 2.45) is 0 Å². The van der Waals surface area contributed by atoms with Crippen molar-refractivity contribution in [1.82, 2.24) is 14.4 Å². The van der Waals surface area contributed by atoms with E-state index in [0.29, 0.717) is 5.15 Å². The van der Waals surface area contributed by atoms with Gasteiger partial charge in [-0.05, 0) is 62.1 Å². The van der Waals surface area contributed by atoms with Crippen LogP contribution in [0.2, 0.25) is 5.15 Å². The third kappa shape index (κ3) is 3.52. The van der Waals surface area contributed by atoms with Gasteiger partial charge in [-0.1, -0.05) is 17.7 Å². The summed E-state index contributed by atoms with van der Waals surface area (Å²) in [6.45, 7) is 6.00. The van der Waals surface area contributed by atoms with Crippen molar-refractivity contribution in [3.8, 4) is 16.9 Å². The van der Waals surface area contributed by atoms with E-state index in [4.69, 9.17) is 21.2 Å². The lowest BCUT2D eigenvalue weighted by Crippen LogP contribution is -2.50. The highest BCUT2D eigenvalue weighted by molar-refractivity contribution is 6.32. The molecule has 5 nitrogen and oxygen atoms in total. The maximum Gasteiger partial charge on any atom is 0.137 e. The largest absolute Gasteiger partial charge is 0.487 e. The topological polar surface area (TPSA) is 39.0 Å². The van der Waals surface area contributed by atoms with E-state index in [1.807, 2.05) is 22.7 Å². The fourth-order valence-electron chi connectivity index (χ4n) is 4.51. The average Bonchev–Trinajstić information content (AvgIpc) is 3.19. The Bertz CT molecular complexity index is 1040. The minimum absolute atomic E-state index is 0.0568. The monoisotopic (exact) mass is 411 g/mol. The maximum absolute atomic E-state index is 6.64. The number of hydroxylamine groups is 2. The van der Waals surface area contributed by atoms with Crippen LogP contribution in [-0.2, 0) is 11.3 Å². The molecule has 0 N–H and O–H groups in total. The van der Waals surface area contributed by atoms with Crippen LogP contribution in [0.4, 0.5) is 0 Å². The second-order valence-corrected chi connectivity index (χ2v) is 8.74. The molecule has 0 saturated carbocycles. The molecule has 6 heteroatoms. The molecule has 0 atom stereocenters. The van der Waals surface area contributed by atoms with Crippen molar-refractivity contribution in [3.63, 3.8) is 0 Å². The van der Waals surface area contributed by atoms with Crippen LogP contribution in [0.5, 0.6) is 5.75 Å². The van der Waals surface area contributed by atoms with Gasteiger partial charge in [0, 0.05) is 43.9 Å².